The van der Waals surface area contributed by atoms with Gasteiger partial charge in [-0.3, -0.25) is 4.79 Å². The van der Waals surface area contributed by atoms with E-state index in [-0.39, 0.29) is 11.9 Å². The summed E-state index contributed by atoms with van der Waals surface area (Å²) in [6.07, 6.45) is 3.42. The van der Waals surface area contributed by atoms with Crippen molar-refractivity contribution in [3.63, 3.8) is 0 Å². The summed E-state index contributed by atoms with van der Waals surface area (Å²) in [5.41, 5.74) is 0.687. The van der Waals surface area contributed by atoms with Crippen molar-refractivity contribution in [1.29, 1.82) is 0 Å². The number of nitrogens with one attached hydrogen (secondary N) is 1. The van der Waals surface area contributed by atoms with Gasteiger partial charge in [-0.15, -0.1) is 6.58 Å². The van der Waals surface area contributed by atoms with E-state index in [0.717, 1.165) is 12.8 Å². The van der Waals surface area contributed by atoms with Gasteiger partial charge in [-0.2, -0.15) is 0 Å². The number of carbonyl (C=O) groups excluding carboxylic acids is 1. The molecule has 0 spiro atoms. The van der Waals surface area contributed by atoms with E-state index >= 15 is 0 Å². The minimum absolute atomic E-state index is 0.00755. The summed E-state index contributed by atoms with van der Waals surface area (Å²) in [5.74, 6) is -0.00755. The Labute approximate surface area is 60.6 Å². The molecule has 0 aromatic heterocycles. The normalized spacial score (nSPS) is 24.6. The van der Waals surface area contributed by atoms with E-state index in [0.29, 0.717) is 5.57 Å². The van der Waals surface area contributed by atoms with Gasteiger partial charge in [0, 0.05) is 11.6 Å². The fourth-order valence-corrected chi connectivity index (χ4v) is 1.07. The van der Waals surface area contributed by atoms with Gasteiger partial charge in [0.25, 0.3) is 0 Å². The van der Waals surface area contributed by atoms with E-state index in [4.69, 9.17) is 0 Å². The van der Waals surface area contributed by atoms with Crippen molar-refractivity contribution in [3.05, 3.63) is 24.8 Å². The van der Waals surface area contributed by atoms with Crippen LogP contribution in [-0.4, -0.2) is 11.9 Å². The van der Waals surface area contributed by atoms with Crippen molar-refractivity contribution in [2.24, 2.45) is 0 Å². The van der Waals surface area contributed by atoms with Gasteiger partial charge in [0.1, 0.15) is 0 Å². The van der Waals surface area contributed by atoms with Crippen molar-refractivity contribution in [2.45, 2.75) is 18.9 Å². The first kappa shape index (κ1) is 7.06. The Morgan fingerprint density at radius 2 is 2.50 bits per heavy atom. The lowest BCUT2D eigenvalue weighted by molar-refractivity contribution is -0.116. The average Bonchev–Trinajstić information content (AvgIpc) is 2.14. The van der Waals surface area contributed by atoms with Crippen LogP contribution < -0.4 is 5.32 Å². The topological polar surface area (TPSA) is 29.1 Å². The SMILES string of the molecule is C=CCC1CC(=C)C(=O)N1. The van der Waals surface area contributed by atoms with Gasteiger partial charge in [-0.1, -0.05) is 12.7 Å². The fourth-order valence-electron chi connectivity index (χ4n) is 1.07. The van der Waals surface area contributed by atoms with E-state index in [1.165, 1.54) is 0 Å². The van der Waals surface area contributed by atoms with Gasteiger partial charge in [-0.25, -0.2) is 0 Å². The van der Waals surface area contributed by atoms with Crippen LogP contribution in [0, 0.1) is 0 Å². The van der Waals surface area contributed by atoms with E-state index < -0.39 is 0 Å². The molecule has 0 bridgehead atoms. The second kappa shape index (κ2) is 2.69. The van der Waals surface area contributed by atoms with Crippen molar-refractivity contribution < 1.29 is 4.79 Å². The Kier molecular flexibility index (Phi) is 1.90. The van der Waals surface area contributed by atoms with Crippen molar-refractivity contribution in [1.82, 2.24) is 5.32 Å². The lowest BCUT2D eigenvalue weighted by atomic mass is 10.1. The first-order valence-electron chi connectivity index (χ1n) is 3.33. The van der Waals surface area contributed by atoms with Gasteiger partial charge in [0.15, 0.2) is 0 Å². The van der Waals surface area contributed by atoms with Crippen LogP contribution in [0.25, 0.3) is 0 Å². The van der Waals surface area contributed by atoms with Crippen LogP contribution in [0.1, 0.15) is 12.8 Å². The number of hydrogen-bond donors (Lipinski definition) is 1. The summed E-state index contributed by atoms with van der Waals surface area (Å²) in [6, 6.07) is 0.248. The standard InChI is InChI=1S/C8H11NO/c1-3-4-7-5-6(2)8(10)9-7/h3,7H,1-2,4-5H2,(H,9,10). The molecule has 1 aliphatic rings. The van der Waals surface area contributed by atoms with Gasteiger partial charge in [0.05, 0.1) is 0 Å². The molecule has 1 saturated heterocycles. The van der Waals surface area contributed by atoms with E-state index in [9.17, 15) is 4.79 Å². The molecule has 54 valence electrons. The molecule has 0 saturated carbocycles. The molecule has 1 unspecified atom stereocenters. The zero-order valence-electron chi connectivity index (χ0n) is 5.89. The quantitative estimate of drug-likeness (QED) is 0.446. The van der Waals surface area contributed by atoms with Crippen LogP contribution in [0.5, 0.6) is 0 Å². The zero-order valence-corrected chi connectivity index (χ0v) is 5.89. The molecule has 1 amide bonds. The molecule has 1 fully saturated rings. The summed E-state index contributed by atoms with van der Waals surface area (Å²) in [5, 5.41) is 2.79. The Morgan fingerprint density at radius 3 is 2.90 bits per heavy atom. The monoisotopic (exact) mass is 137 g/mol. The number of amides is 1. The van der Waals surface area contributed by atoms with Crippen molar-refractivity contribution >= 4 is 5.91 Å². The number of carbonyl (C=O) groups is 1. The Bertz CT molecular complexity index is 168. The maximum Gasteiger partial charge on any atom is 0.246 e. The predicted octanol–water partition coefficient (Wildman–Crippen LogP) is 1.01. The minimum atomic E-state index is -0.00755. The smallest absolute Gasteiger partial charge is 0.246 e. The Morgan fingerprint density at radius 1 is 1.80 bits per heavy atom. The van der Waals surface area contributed by atoms with Crippen LogP contribution in [-0.2, 0) is 4.79 Å². The highest BCUT2D eigenvalue weighted by Crippen LogP contribution is 2.14. The minimum Gasteiger partial charge on any atom is -0.349 e. The molecule has 1 atom stereocenters. The van der Waals surface area contributed by atoms with Crippen molar-refractivity contribution in [2.75, 3.05) is 0 Å². The maximum absolute atomic E-state index is 10.8. The highest BCUT2D eigenvalue weighted by atomic mass is 16.2. The molecule has 1 rings (SSSR count). The summed E-state index contributed by atoms with van der Waals surface area (Å²) in [4.78, 5) is 10.8. The lowest BCUT2D eigenvalue weighted by Gasteiger charge is -2.02. The molecule has 0 aromatic carbocycles. The molecule has 0 radical (unpaired) electrons. The Hall–Kier alpha value is -1.05. The molecule has 1 N–H and O–H groups in total. The van der Waals surface area contributed by atoms with Gasteiger partial charge >= 0.3 is 0 Å². The second-order valence-corrected chi connectivity index (χ2v) is 2.50. The van der Waals surface area contributed by atoms with Crippen LogP contribution in [0.2, 0.25) is 0 Å². The molecule has 2 nitrogen and oxygen atoms in total. The second-order valence-electron chi connectivity index (χ2n) is 2.50. The molecule has 1 aliphatic heterocycles. The van der Waals surface area contributed by atoms with E-state index in [1.54, 1.807) is 0 Å². The summed E-state index contributed by atoms with van der Waals surface area (Å²) >= 11 is 0. The molecule has 0 aliphatic carbocycles. The van der Waals surface area contributed by atoms with Gasteiger partial charge in [-0.05, 0) is 12.8 Å². The molecular formula is C8H11NO. The summed E-state index contributed by atoms with van der Waals surface area (Å²) < 4.78 is 0. The van der Waals surface area contributed by atoms with Gasteiger partial charge < -0.3 is 5.32 Å². The third-order valence-corrected chi connectivity index (χ3v) is 1.60. The van der Waals surface area contributed by atoms with E-state index in [1.807, 2.05) is 6.08 Å². The molecule has 0 aromatic rings. The highest BCUT2D eigenvalue weighted by Gasteiger charge is 2.22. The molecular weight excluding hydrogens is 126 g/mol. The highest BCUT2D eigenvalue weighted by molar-refractivity contribution is 5.95. The Balaban J connectivity index is 2.48. The fraction of sp³-hybridized carbons (Fsp3) is 0.375. The molecule has 10 heavy (non-hydrogen) atoms. The first-order valence-corrected chi connectivity index (χ1v) is 3.33. The predicted molar refractivity (Wildman–Crippen MR) is 40.5 cm³/mol. The van der Waals surface area contributed by atoms with Gasteiger partial charge in [0.2, 0.25) is 5.91 Å². The summed E-state index contributed by atoms with van der Waals surface area (Å²) in [6.45, 7) is 7.21. The third-order valence-electron chi connectivity index (χ3n) is 1.60. The molecule has 1 heterocycles. The summed E-state index contributed by atoms with van der Waals surface area (Å²) in [7, 11) is 0. The maximum atomic E-state index is 10.8. The third kappa shape index (κ3) is 1.26. The van der Waals surface area contributed by atoms with Crippen LogP contribution >= 0.6 is 0 Å². The average molecular weight is 137 g/mol. The van der Waals surface area contributed by atoms with Crippen LogP contribution in [0.3, 0.4) is 0 Å². The number of hydrogen-bond acceptors (Lipinski definition) is 1. The molecule has 2 heteroatoms. The zero-order chi connectivity index (χ0) is 7.56. The van der Waals surface area contributed by atoms with Crippen LogP contribution in [0.15, 0.2) is 24.8 Å². The van der Waals surface area contributed by atoms with Crippen LogP contribution in [0.4, 0.5) is 0 Å². The lowest BCUT2D eigenvalue weighted by Crippen LogP contribution is -2.24. The first-order chi connectivity index (χ1) is 4.74. The largest absolute Gasteiger partial charge is 0.349 e. The number of rotatable bonds is 2. The van der Waals surface area contributed by atoms with Crippen molar-refractivity contribution in [3.8, 4) is 0 Å². The van der Waals surface area contributed by atoms with E-state index in [2.05, 4.69) is 18.5 Å².